The SMILES string of the molecule is CSc1ncc(Cl)c(C(=O)NCC(C)C)n1. The molecule has 0 atom stereocenters. The first kappa shape index (κ1) is 13.3. The van der Waals surface area contributed by atoms with Gasteiger partial charge in [-0.2, -0.15) is 0 Å². The van der Waals surface area contributed by atoms with Crippen LogP contribution in [0.1, 0.15) is 24.3 Å². The zero-order chi connectivity index (χ0) is 12.1. The van der Waals surface area contributed by atoms with Crippen molar-refractivity contribution in [1.82, 2.24) is 15.3 Å². The van der Waals surface area contributed by atoms with E-state index in [1.807, 2.05) is 20.1 Å². The molecule has 16 heavy (non-hydrogen) atoms. The average molecular weight is 260 g/mol. The van der Waals surface area contributed by atoms with Crippen molar-refractivity contribution < 1.29 is 4.79 Å². The lowest BCUT2D eigenvalue weighted by molar-refractivity contribution is 0.0943. The molecule has 1 rings (SSSR count). The van der Waals surface area contributed by atoms with Gasteiger partial charge in [-0.25, -0.2) is 9.97 Å². The van der Waals surface area contributed by atoms with Gasteiger partial charge in [-0.15, -0.1) is 0 Å². The van der Waals surface area contributed by atoms with Crippen LogP contribution in [0, 0.1) is 5.92 Å². The molecule has 0 aliphatic rings. The molecule has 0 radical (unpaired) electrons. The molecule has 1 heterocycles. The zero-order valence-electron chi connectivity index (χ0n) is 9.45. The Kier molecular flexibility index (Phi) is 5.02. The quantitative estimate of drug-likeness (QED) is 0.666. The number of thioether (sulfide) groups is 1. The summed E-state index contributed by atoms with van der Waals surface area (Å²) in [7, 11) is 0. The minimum Gasteiger partial charge on any atom is -0.350 e. The number of carbonyl (C=O) groups is 1. The monoisotopic (exact) mass is 259 g/mol. The topological polar surface area (TPSA) is 54.9 Å². The Labute approximate surface area is 104 Å². The molecule has 1 aromatic heterocycles. The van der Waals surface area contributed by atoms with Crippen LogP contribution in [0.4, 0.5) is 0 Å². The maximum absolute atomic E-state index is 11.7. The number of nitrogens with zero attached hydrogens (tertiary/aromatic N) is 2. The summed E-state index contributed by atoms with van der Waals surface area (Å²) in [5.74, 6) is 0.140. The maximum Gasteiger partial charge on any atom is 0.271 e. The van der Waals surface area contributed by atoms with Crippen LogP contribution in [0.5, 0.6) is 0 Å². The number of hydrogen-bond donors (Lipinski definition) is 1. The van der Waals surface area contributed by atoms with E-state index in [2.05, 4.69) is 15.3 Å². The first-order valence-electron chi connectivity index (χ1n) is 4.89. The number of nitrogens with one attached hydrogen (secondary N) is 1. The molecule has 1 aromatic rings. The first-order valence-corrected chi connectivity index (χ1v) is 6.49. The van der Waals surface area contributed by atoms with E-state index in [9.17, 15) is 4.79 Å². The third-order valence-corrected chi connectivity index (χ3v) is 2.63. The molecule has 0 aliphatic carbocycles. The molecule has 0 fully saturated rings. The zero-order valence-corrected chi connectivity index (χ0v) is 11.0. The summed E-state index contributed by atoms with van der Waals surface area (Å²) in [5, 5.41) is 3.59. The van der Waals surface area contributed by atoms with Gasteiger partial charge in [-0.05, 0) is 12.2 Å². The van der Waals surface area contributed by atoms with Gasteiger partial charge in [0.1, 0.15) is 0 Å². The second-order valence-electron chi connectivity index (χ2n) is 3.66. The number of hydrogen-bond acceptors (Lipinski definition) is 4. The van der Waals surface area contributed by atoms with E-state index in [-0.39, 0.29) is 16.6 Å². The normalized spacial score (nSPS) is 10.6. The molecule has 0 spiro atoms. The third kappa shape index (κ3) is 3.64. The predicted octanol–water partition coefficient (Wildman–Crippen LogP) is 2.24. The van der Waals surface area contributed by atoms with E-state index < -0.39 is 0 Å². The number of aromatic nitrogens is 2. The summed E-state index contributed by atoms with van der Waals surface area (Å²) in [6.45, 7) is 4.65. The van der Waals surface area contributed by atoms with E-state index in [4.69, 9.17) is 11.6 Å². The number of rotatable bonds is 4. The molecule has 0 unspecified atom stereocenters. The number of amides is 1. The molecule has 0 saturated carbocycles. The maximum atomic E-state index is 11.7. The van der Waals surface area contributed by atoms with E-state index in [0.717, 1.165) is 0 Å². The van der Waals surface area contributed by atoms with Crippen LogP contribution in [0.25, 0.3) is 0 Å². The second kappa shape index (κ2) is 6.06. The van der Waals surface area contributed by atoms with Crippen molar-refractivity contribution in [1.29, 1.82) is 0 Å². The fourth-order valence-electron chi connectivity index (χ4n) is 0.989. The summed E-state index contributed by atoms with van der Waals surface area (Å²) < 4.78 is 0. The highest BCUT2D eigenvalue weighted by molar-refractivity contribution is 7.98. The molecule has 1 amide bonds. The largest absolute Gasteiger partial charge is 0.350 e. The van der Waals surface area contributed by atoms with Crippen molar-refractivity contribution in [3.63, 3.8) is 0 Å². The Balaban J connectivity index is 2.81. The second-order valence-corrected chi connectivity index (χ2v) is 4.84. The van der Waals surface area contributed by atoms with Gasteiger partial charge in [0.2, 0.25) is 0 Å². The third-order valence-electron chi connectivity index (χ3n) is 1.79. The van der Waals surface area contributed by atoms with Gasteiger partial charge in [0.25, 0.3) is 5.91 Å². The van der Waals surface area contributed by atoms with Gasteiger partial charge in [-0.3, -0.25) is 4.79 Å². The van der Waals surface area contributed by atoms with Crippen molar-refractivity contribution in [2.45, 2.75) is 19.0 Å². The highest BCUT2D eigenvalue weighted by atomic mass is 35.5. The molecular formula is C10H14ClN3OS. The highest BCUT2D eigenvalue weighted by Gasteiger charge is 2.13. The van der Waals surface area contributed by atoms with E-state index in [0.29, 0.717) is 17.6 Å². The lowest BCUT2D eigenvalue weighted by atomic mass is 10.2. The number of halogens is 1. The van der Waals surface area contributed by atoms with Crippen molar-refractivity contribution in [3.05, 3.63) is 16.9 Å². The Hall–Kier alpha value is -0.810. The van der Waals surface area contributed by atoms with Gasteiger partial charge < -0.3 is 5.32 Å². The molecular weight excluding hydrogens is 246 g/mol. The standard InChI is InChI=1S/C10H14ClN3OS/c1-6(2)4-12-9(15)8-7(11)5-13-10(14-8)16-3/h5-6H,4H2,1-3H3,(H,12,15). The van der Waals surface area contributed by atoms with Crippen LogP contribution < -0.4 is 5.32 Å². The Morgan fingerprint density at radius 1 is 1.62 bits per heavy atom. The summed E-state index contributed by atoms with van der Waals surface area (Å²) >= 11 is 7.24. The average Bonchev–Trinajstić information content (AvgIpc) is 2.26. The van der Waals surface area contributed by atoms with Gasteiger partial charge in [0, 0.05) is 6.54 Å². The lowest BCUT2D eigenvalue weighted by Gasteiger charge is -2.08. The van der Waals surface area contributed by atoms with Crippen LogP contribution >= 0.6 is 23.4 Å². The van der Waals surface area contributed by atoms with Gasteiger partial charge >= 0.3 is 0 Å². The molecule has 1 N–H and O–H groups in total. The van der Waals surface area contributed by atoms with E-state index >= 15 is 0 Å². The molecule has 0 aliphatic heterocycles. The van der Waals surface area contributed by atoms with Crippen LogP contribution in [0.3, 0.4) is 0 Å². The molecule has 6 heteroatoms. The van der Waals surface area contributed by atoms with Crippen molar-refractivity contribution in [2.24, 2.45) is 5.92 Å². The summed E-state index contributed by atoms with van der Waals surface area (Å²) in [5.41, 5.74) is 0.238. The van der Waals surface area contributed by atoms with Crippen molar-refractivity contribution in [3.8, 4) is 0 Å². The first-order chi connectivity index (χ1) is 7.54. The van der Waals surface area contributed by atoms with Crippen LogP contribution in [0.2, 0.25) is 5.02 Å². The summed E-state index contributed by atoms with van der Waals surface area (Å²) in [6, 6.07) is 0. The van der Waals surface area contributed by atoms with Gasteiger partial charge in [-0.1, -0.05) is 37.2 Å². The smallest absolute Gasteiger partial charge is 0.271 e. The molecule has 88 valence electrons. The molecule has 0 bridgehead atoms. The van der Waals surface area contributed by atoms with Crippen molar-refractivity contribution in [2.75, 3.05) is 12.8 Å². The molecule has 0 aromatic carbocycles. The van der Waals surface area contributed by atoms with Crippen LogP contribution in [-0.2, 0) is 0 Å². The van der Waals surface area contributed by atoms with Gasteiger partial charge in [0.05, 0.1) is 11.2 Å². The molecule has 4 nitrogen and oxygen atoms in total. The molecule has 0 saturated heterocycles. The van der Waals surface area contributed by atoms with E-state index in [1.165, 1.54) is 18.0 Å². The minimum absolute atomic E-state index is 0.238. The number of carbonyl (C=O) groups excluding carboxylic acids is 1. The van der Waals surface area contributed by atoms with Crippen LogP contribution in [0.15, 0.2) is 11.4 Å². The Morgan fingerprint density at radius 3 is 2.88 bits per heavy atom. The highest BCUT2D eigenvalue weighted by Crippen LogP contribution is 2.16. The minimum atomic E-state index is -0.253. The Bertz CT molecular complexity index is 384. The Morgan fingerprint density at radius 2 is 2.31 bits per heavy atom. The van der Waals surface area contributed by atoms with Crippen molar-refractivity contribution >= 4 is 29.3 Å². The summed E-state index contributed by atoms with van der Waals surface area (Å²) in [4.78, 5) is 19.8. The predicted molar refractivity (Wildman–Crippen MR) is 66.0 cm³/mol. The van der Waals surface area contributed by atoms with Crippen LogP contribution in [-0.4, -0.2) is 28.7 Å². The fraction of sp³-hybridized carbons (Fsp3) is 0.500. The van der Waals surface area contributed by atoms with Gasteiger partial charge in [0.15, 0.2) is 10.9 Å². The lowest BCUT2D eigenvalue weighted by Crippen LogP contribution is -2.28. The summed E-state index contributed by atoms with van der Waals surface area (Å²) in [6.07, 6.45) is 3.30. The van der Waals surface area contributed by atoms with E-state index in [1.54, 1.807) is 0 Å². The fourth-order valence-corrected chi connectivity index (χ4v) is 1.51.